The molecule has 118 valence electrons. The lowest BCUT2D eigenvalue weighted by Gasteiger charge is -2.09. The van der Waals surface area contributed by atoms with E-state index >= 15 is 0 Å². The van der Waals surface area contributed by atoms with Gasteiger partial charge >= 0.3 is 10.2 Å². The smallest absolute Gasteiger partial charge is 0.323 e. The van der Waals surface area contributed by atoms with Crippen LogP contribution in [0.3, 0.4) is 0 Å². The van der Waals surface area contributed by atoms with Gasteiger partial charge in [-0.05, 0) is 30.3 Å². The number of aromatic amines is 1. The molecule has 0 aliphatic rings. The van der Waals surface area contributed by atoms with Gasteiger partial charge in [-0.25, -0.2) is 9.11 Å². The second-order valence-electron chi connectivity index (χ2n) is 4.79. The lowest BCUT2D eigenvalue weighted by molar-refractivity contribution is 0.0983. The number of fused-ring (bicyclic) bond motifs is 1. The average molecular weight is 333 g/mol. The zero-order valence-corrected chi connectivity index (χ0v) is 12.5. The van der Waals surface area contributed by atoms with Gasteiger partial charge in [0.1, 0.15) is 5.82 Å². The van der Waals surface area contributed by atoms with Crippen LogP contribution in [0.1, 0.15) is 10.4 Å². The third-order valence-electron chi connectivity index (χ3n) is 3.16. The summed E-state index contributed by atoms with van der Waals surface area (Å²) >= 11 is 0. The predicted molar refractivity (Wildman–Crippen MR) is 84.7 cm³/mol. The van der Waals surface area contributed by atoms with E-state index in [0.29, 0.717) is 5.39 Å². The van der Waals surface area contributed by atoms with Gasteiger partial charge in [0.2, 0.25) is 0 Å². The molecule has 0 bridgehead atoms. The summed E-state index contributed by atoms with van der Waals surface area (Å²) < 4.78 is 40.8. The molecule has 1 aromatic heterocycles. The largest absolute Gasteiger partial charge is 0.360 e. The maximum atomic E-state index is 12.8. The van der Waals surface area contributed by atoms with E-state index < -0.39 is 21.9 Å². The van der Waals surface area contributed by atoms with Crippen molar-refractivity contribution in [3.05, 3.63) is 66.1 Å². The molecular weight excluding hydrogens is 321 g/mol. The summed E-state index contributed by atoms with van der Waals surface area (Å²) in [6.45, 7) is 0. The summed E-state index contributed by atoms with van der Waals surface area (Å²) in [5.74, 6) is -1.26. The molecule has 0 atom stereocenters. The Morgan fingerprint density at radius 1 is 1.04 bits per heavy atom. The van der Waals surface area contributed by atoms with E-state index in [-0.39, 0.29) is 11.3 Å². The maximum absolute atomic E-state index is 12.8. The molecule has 3 aromatic rings. The number of carbonyl (C=O) groups is 1. The number of H-pyrrole nitrogens is 1. The Morgan fingerprint density at radius 2 is 1.74 bits per heavy atom. The lowest BCUT2D eigenvalue weighted by atomic mass is 10.2. The van der Waals surface area contributed by atoms with Gasteiger partial charge in [0.05, 0.1) is 11.3 Å². The molecule has 0 fully saturated rings. The van der Waals surface area contributed by atoms with Crippen LogP contribution in [0.25, 0.3) is 10.9 Å². The van der Waals surface area contributed by atoms with Crippen LogP contribution in [0.2, 0.25) is 0 Å². The standard InChI is InChI=1S/C15H12FN3O3S/c16-10-5-7-11(8-6-10)18-23(21,22)19-15(20)13-9-17-14-4-2-1-3-12(13)14/h1-9,17-18H,(H,19,20). The lowest BCUT2D eigenvalue weighted by Crippen LogP contribution is -2.35. The normalized spacial score (nSPS) is 11.3. The zero-order chi connectivity index (χ0) is 16.4. The summed E-state index contributed by atoms with van der Waals surface area (Å²) in [6.07, 6.45) is 1.44. The number of hydrogen-bond donors (Lipinski definition) is 3. The Labute approximate surface area is 131 Å². The Balaban J connectivity index is 1.80. The Bertz CT molecular complexity index is 965. The van der Waals surface area contributed by atoms with Gasteiger partial charge in [-0.15, -0.1) is 0 Å². The molecule has 2 aromatic carbocycles. The first-order valence-corrected chi connectivity index (χ1v) is 8.09. The molecule has 0 spiro atoms. The van der Waals surface area contributed by atoms with Crippen molar-refractivity contribution in [2.45, 2.75) is 0 Å². The van der Waals surface area contributed by atoms with Crippen molar-refractivity contribution < 1.29 is 17.6 Å². The molecule has 0 unspecified atom stereocenters. The van der Waals surface area contributed by atoms with Gasteiger partial charge < -0.3 is 4.98 Å². The summed E-state index contributed by atoms with van der Waals surface area (Å²) in [7, 11) is -4.13. The van der Waals surface area contributed by atoms with E-state index in [1.54, 1.807) is 24.3 Å². The van der Waals surface area contributed by atoms with Gasteiger partial charge in [0.15, 0.2) is 0 Å². The molecule has 23 heavy (non-hydrogen) atoms. The summed E-state index contributed by atoms with van der Waals surface area (Å²) in [5, 5.41) is 0.613. The minimum absolute atomic E-state index is 0.144. The van der Waals surface area contributed by atoms with E-state index in [1.165, 1.54) is 18.3 Å². The monoisotopic (exact) mass is 333 g/mol. The highest BCUT2D eigenvalue weighted by molar-refractivity contribution is 7.91. The third-order valence-corrected chi connectivity index (χ3v) is 4.12. The molecule has 3 rings (SSSR count). The quantitative estimate of drug-likeness (QED) is 0.685. The van der Waals surface area contributed by atoms with Crippen molar-refractivity contribution in [2.24, 2.45) is 0 Å². The fourth-order valence-electron chi connectivity index (χ4n) is 2.13. The van der Waals surface area contributed by atoms with Crippen molar-refractivity contribution in [2.75, 3.05) is 4.72 Å². The first kappa shape index (κ1) is 15.0. The molecule has 6 nitrogen and oxygen atoms in total. The summed E-state index contributed by atoms with van der Waals surface area (Å²) in [6, 6.07) is 11.8. The van der Waals surface area contributed by atoms with Crippen LogP contribution in [0.5, 0.6) is 0 Å². The molecule has 0 radical (unpaired) electrons. The Hall–Kier alpha value is -2.87. The third kappa shape index (κ3) is 3.32. The molecule has 0 aliphatic carbocycles. The Kier molecular flexibility index (Phi) is 3.75. The van der Waals surface area contributed by atoms with Gasteiger partial charge in [-0.3, -0.25) is 9.52 Å². The first-order valence-electron chi connectivity index (χ1n) is 6.61. The molecule has 0 saturated heterocycles. The van der Waals surface area contributed by atoms with Crippen molar-refractivity contribution in [3.8, 4) is 0 Å². The highest BCUT2D eigenvalue weighted by Gasteiger charge is 2.18. The molecule has 1 heterocycles. The number of benzene rings is 2. The number of amides is 1. The summed E-state index contributed by atoms with van der Waals surface area (Å²) in [5.41, 5.74) is 1.08. The maximum Gasteiger partial charge on any atom is 0.323 e. The summed E-state index contributed by atoms with van der Waals surface area (Å²) in [4.78, 5) is 15.1. The Morgan fingerprint density at radius 3 is 2.48 bits per heavy atom. The molecule has 1 amide bonds. The van der Waals surface area contributed by atoms with Crippen LogP contribution >= 0.6 is 0 Å². The van der Waals surface area contributed by atoms with E-state index in [2.05, 4.69) is 9.71 Å². The number of rotatable bonds is 4. The van der Waals surface area contributed by atoms with E-state index in [4.69, 9.17) is 0 Å². The van der Waals surface area contributed by atoms with Crippen LogP contribution in [-0.2, 0) is 10.2 Å². The van der Waals surface area contributed by atoms with Crippen LogP contribution in [-0.4, -0.2) is 19.3 Å². The average Bonchev–Trinajstić information content (AvgIpc) is 2.93. The molecular formula is C15H12FN3O3S. The predicted octanol–water partition coefficient (Wildman–Crippen LogP) is 2.39. The number of para-hydroxylation sites is 1. The van der Waals surface area contributed by atoms with E-state index in [9.17, 15) is 17.6 Å². The van der Waals surface area contributed by atoms with Crippen molar-refractivity contribution >= 4 is 32.7 Å². The van der Waals surface area contributed by atoms with E-state index in [0.717, 1.165) is 17.6 Å². The topological polar surface area (TPSA) is 91.1 Å². The number of aromatic nitrogens is 1. The van der Waals surface area contributed by atoms with Crippen molar-refractivity contribution in [1.29, 1.82) is 0 Å². The molecule has 0 aliphatic heterocycles. The van der Waals surface area contributed by atoms with Crippen molar-refractivity contribution in [3.63, 3.8) is 0 Å². The van der Waals surface area contributed by atoms with Gasteiger partial charge in [0, 0.05) is 17.1 Å². The van der Waals surface area contributed by atoms with Gasteiger partial charge in [-0.2, -0.15) is 8.42 Å². The minimum Gasteiger partial charge on any atom is -0.360 e. The fraction of sp³-hybridized carbons (Fsp3) is 0. The van der Waals surface area contributed by atoms with E-state index in [1.807, 2.05) is 4.72 Å². The van der Waals surface area contributed by atoms with Gasteiger partial charge in [-0.1, -0.05) is 18.2 Å². The number of carbonyl (C=O) groups excluding carboxylic acids is 1. The molecule has 3 N–H and O–H groups in total. The second kappa shape index (κ2) is 5.73. The second-order valence-corrected chi connectivity index (χ2v) is 6.21. The first-order chi connectivity index (χ1) is 10.9. The molecule has 0 saturated carbocycles. The highest BCUT2D eigenvalue weighted by Crippen LogP contribution is 2.18. The number of nitrogens with one attached hydrogen (secondary N) is 3. The zero-order valence-electron chi connectivity index (χ0n) is 11.7. The number of hydrogen-bond acceptors (Lipinski definition) is 3. The van der Waals surface area contributed by atoms with Crippen LogP contribution < -0.4 is 9.44 Å². The fourth-order valence-corrected chi connectivity index (χ4v) is 2.99. The van der Waals surface area contributed by atoms with Crippen LogP contribution in [0.15, 0.2) is 54.7 Å². The SMILES string of the molecule is O=C(NS(=O)(=O)Nc1ccc(F)cc1)c1c[nH]c2ccccc12. The number of halogens is 1. The molecule has 8 heteroatoms. The van der Waals surface area contributed by atoms with Crippen LogP contribution in [0, 0.1) is 5.82 Å². The van der Waals surface area contributed by atoms with Crippen molar-refractivity contribution in [1.82, 2.24) is 9.71 Å². The minimum atomic E-state index is -4.13. The highest BCUT2D eigenvalue weighted by atomic mass is 32.2. The van der Waals surface area contributed by atoms with Crippen LogP contribution in [0.4, 0.5) is 10.1 Å². The van der Waals surface area contributed by atoms with Gasteiger partial charge in [0.25, 0.3) is 5.91 Å². The number of anilines is 1.